The van der Waals surface area contributed by atoms with Crippen LogP contribution in [0.5, 0.6) is 5.75 Å². The molecule has 1 atom stereocenters. The number of hydrogen-bond acceptors (Lipinski definition) is 3. The minimum Gasteiger partial charge on any atom is -0.505 e. The maximum Gasteiger partial charge on any atom is 0.154 e. The van der Waals surface area contributed by atoms with Crippen molar-refractivity contribution in [3.05, 3.63) is 18.1 Å². The van der Waals surface area contributed by atoms with E-state index in [1.165, 1.54) is 12.3 Å². The van der Waals surface area contributed by atoms with Gasteiger partial charge >= 0.3 is 0 Å². The fourth-order valence-electron chi connectivity index (χ4n) is 0.738. The van der Waals surface area contributed by atoms with Gasteiger partial charge in [-0.2, -0.15) is 0 Å². The maximum absolute atomic E-state index is 8.85. The molecule has 3 nitrogen and oxygen atoms in total. The van der Waals surface area contributed by atoms with E-state index in [9.17, 15) is 0 Å². The fourth-order valence-corrected chi connectivity index (χ4v) is 0.738. The van der Waals surface area contributed by atoms with Gasteiger partial charge in [-0.1, -0.05) is 6.92 Å². The van der Waals surface area contributed by atoms with Crippen LogP contribution in [0.25, 0.3) is 0 Å². The van der Waals surface area contributed by atoms with E-state index in [1.54, 1.807) is 0 Å². The molecule has 0 saturated carbocycles. The molecule has 1 aromatic heterocycles. The highest BCUT2D eigenvalue weighted by Gasteiger charge is 2.07. The molecule has 0 aliphatic rings. The standard InChI is InChI=1S/C7H11NO2/c1-2-6(8)7-3-5(9)4-10-7/h3-4,6,9H,2,8H2,1H3/t6-/m1/s1. The van der Waals surface area contributed by atoms with Gasteiger partial charge < -0.3 is 15.3 Å². The number of rotatable bonds is 2. The van der Waals surface area contributed by atoms with Crippen LogP contribution in [-0.4, -0.2) is 5.11 Å². The molecule has 0 saturated heterocycles. The van der Waals surface area contributed by atoms with Crippen LogP contribution in [0.2, 0.25) is 0 Å². The van der Waals surface area contributed by atoms with E-state index < -0.39 is 0 Å². The number of hydrogen-bond donors (Lipinski definition) is 2. The minimum absolute atomic E-state index is 0.0964. The van der Waals surface area contributed by atoms with E-state index in [4.69, 9.17) is 15.3 Å². The summed E-state index contributed by atoms with van der Waals surface area (Å²) in [5.41, 5.74) is 5.60. The summed E-state index contributed by atoms with van der Waals surface area (Å²) in [5, 5.41) is 8.85. The summed E-state index contributed by atoms with van der Waals surface area (Å²) in [6.07, 6.45) is 2.10. The lowest BCUT2D eigenvalue weighted by Crippen LogP contribution is -2.06. The molecule has 0 amide bonds. The molecule has 0 bridgehead atoms. The molecule has 0 fully saturated rings. The van der Waals surface area contributed by atoms with Gasteiger partial charge in [0.2, 0.25) is 0 Å². The molecule has 3 N–H and O–H groups in total. The molecule has 56 valence electrons. The van der Waals surface area contributed by atoms with Crippen molar-refractivity contribution < 1.29 is 9.52 Å². The molecule has 0 unspecified atom stereocenters. The summed E-state index contributed by atoms with van der Waals surface area (Å²) in [5.74, 6) is 0.777. The summed E-state index contributed by atoms with van der Waals surface area (Å²) in [6, 6.07) is 1.44. The minimum atomic E-state index is -0.0964. The van der Waals surface area contributed by atoms with Crippen LogP contribution >= 0.6 is 0 Å². The SMILES string of the molecule is CC[C@@H](N)c1cc(O)co1. The van der Waals surface area contributed by atoms with Gasteiger partial charge in [-0.05, 0) is 6.42 Å². The highest BCUT2D eigenvalue weighted by atomic mass is 16.4. The van der Waals surface area contributed by atoms with E-state index in [2.05, 4.69) is 0 Å². The van der Waals surface area contributed by atoms with Crippen LogP contribution in [0.1, 0.15) is 25.1 Å². The van der Waals surface area contributed by atoms with Gasteiger partial charge in [-0.25, -0.2) is 0 Å². The van der Waals surface area contributed by atoms with Crippen molar-refractivity contribution in [2.75, 3.05) is 0 Å². The van der Waals surface area contributed by atoms with Gasteiger partial charge in [-0.3, -0.25) is 0 Å². The van der Waals surface area contributed by atoms with Crippen molar-refractivity contribution >= 4 is 0 Å². The Labute approximate surface area is 59.5 Å². The zero-order chi connectivity index (χ0) is 7.56. The van der Waals surface area contributed by atoms with E-state index >= 15 is 0 Å². The molecule has 1 heterocycles. The van der Waals surface area contributed by atoms with E-state index in [0.717, 1.165) is 6.42 Å². The van der Waals surface area contributed by atoms with Gasteiger partial charge in [0, 0.05) is 6.07 Å². The monoisotopic (exact) mass is 141 g/mol. The number of nitrogens with two attached hydrogens (primary N) is 1. The summed E-state index contributed by atoms with van der Waals surface area (Å²) in [4.78, 5) is 0. The highest BCUT2D eigenvalue weighted by Crippen LogP contribution is 2.20. The smallest absolute Gasteiger partial charge is 0.154 e. The normalized spacial score (nSPS) is 13.4. The predicted molar refractivity (Wildman–Crippen MR) is 37.6 cm³/mol. The number of aromatic hydroxyl groups is 1. The van der Waals surface area contributed by atoms with E-state index in [0.29, 0.717) is 5.76 Å². The fraction of sp³-hybridized carbons (Fsp3) is 0.429. The molecule has 0 aliphatic carbocycles. The summed E-state index contributed by atoms with van der Waals surface area (Å²) < 4.78 is 4.94. The average Bonchev–Trinajstić information content (AvgIpc) is 2.34. The highest BCUT2D eigenvalue weighted by molar-refractivity contribution is 5.19. The molecular formula is C7H11NO2. The van der Waals surface area contributed by atoms with Crippen molar-refractivity contribution in [3.8, 4) is 5.75 Å². The average molecular weight is 141 g/mol. The summed E-state index contributed by atoms with van der Waals surface area (Å²) >= 11 is 0. The lowest BCUT2D eigenvalue weighted by atomic mass is 10.2. The first-order chi connectivity index (χ1) is 4.74. The molecule has 1 rings (SSSR count). The quantitative estimate of drug-likeness (QED) is 0.654. The maximum atomic E-state index is 8.85. The molecule has 0 aliphatic heterocycles. The third kappa shape index (κ3) is 1.30. The third-order valence-corrected chi connectivity index (χ3v) is 1.41. The second kappa shape index (κ2) is 2.75. The Morgan fingerprint density at radius 3 is 2.90 bits per heavy atom. The van der Waals surface area contributed by atoms with Crippen molar-refractivity contribution in [1.82, 2.24) is 0 Å². The zero-order valence-corrected chi connectivity index (χ0v) is 5.87. The van der Waals surface area contributed by atoms with Crippen molar-refractivity contribution in [2.45, 2.75) is 19.4 Å². The first kappa shape index (κ1) is 7.15. The Balaban J connectivity index is 2.74. The molecule has 0 radical (unpaired) electrons. The Morgan fingerprint density at radius 2 is 2.50 bits per heavy atom. The largest absolute Gasteiger partial charge is 0.505 e. The van der Waals surface area contributed by atoms with Crippen molar-refractivity contribution in [3.63, 3.8) is 0 Å². The molecule has 3 heteroatoms. The van der Waals surface area contributed by atoms with Gasteiger partial charge in [0.25, 0.3) is 0 Å². The molecular weight excluding hydrogens is 130 g/mol. The van der Waals surface area contributed by atoms with Crippen LogP contribution in [-0.2, 0) is 0 Å². The van der Waals surface area contributed by atoms with E-state index in [1.807, 2.05) is 6.92 Å². The van der Waals surface area contributed by atoms with Crippen LogP contribution < -0.4 is 5.73 Å². The zero-order valence-electron chi connectivity index (χ0n) is 5.87. The van der Waals surface area contributed by atoms with E-state index in [-0.39, 0.29) is 11.8 Å². The second-order valence-corrected chi connectivity index (χ2v) is 2.22. The van der Waals surface area contributed by atoms with Crippen LogP contribution in [0.4, 0.5) is 0 Å². The van der Waals surface area contributed by atoms with Gasteiger partial charge in [0.05, 0.1) is 6.04 Å². The van der Waals surface area contributed by atoms with Gasteiger partial charge in [-0.15, -0.1) is 0 Å². The van der Waals surface area contributed by atoms with Gasteiger partial charge in [0.15, 0.2) is 5.75 Å². The lowest BCUT2D eigenvalue weighted by molar-refractivity contribution is 0.437. The first-order valence-electron chi connectivity index (χ1n) is 3.27. The molecule has 1 aromatic rings. The Kier molecular flexibility index (Phi) is 1.97. The van der Waals surface area contributed by atoms with Crippen LogP contribution in [0.3, 0.4) is 0 Å². The second-order valence-electron chi connectivity index (χ2n) is 2.22. The topological polar surface area (TPSA) is 59.4 Å². The Hall–Kier alpha value is -0.960. The third-order valence-electron chi connectivity index (χ3n) is 1.41. The summed E-state index contributed by atoms with van der Waals surface area (Å²) in [7, 11) is 0. The Bertz CT molecular complexity index is 207. The first-order valence-corrected chi connectivity index (χ1v) is 3.27. The van der Waals surface area contributed by atoms with Crippen molar-refractivity contribution in [1.29, 1.82) is 0 Å². The van der Waals surface area contributed by atoms with Gasteiger partial charge in [0.1, 0.15) is 12.0 Å². The Morgan fingerprint density at radius 1 is 1.80 bits per heavy atom. The molecule has 10 heavy (non-hydrogen) atoms. The van der Waals surface area contributed by atoms with Crippen LogP contribution in [0.15, 0.2) is 16.7 Å². The molecule has 0 aromatic carbocycles. The van der Waals surface area contributed by atoms with Crippen molar-refractivity contribution in [2.24, 2.45) is 5.73 Å². The summed E-state index contributed by atoms with van der Waals surface area (Å²) in [6.45, 7) is 1.96. The lowest BCUT2D eigenvalue weighted by Gasteiger charge is -2.01. The predicted octanol–water partition coefficient (Wildman–Crippen LogP) is 1.40. The van der Waals surface area contributed by atoms with Crippen LogP contribution in [0, 0.1) is 0 Å². The number of furan rings is 1. The molecule has 0 spiro atoms.